The van der Waals surface area contributed by atoms with Crippen molar-refractivity contribution in [1.29, 1.82) is 0 Å². The number of nitrogens with zero attached hydrogens (tertiary/aromatic N) is 2. The monoisotopic (exact) mass is 279 g/mol. The van der Waals surface area contributed by atoms with Crippen molar-refractivity contribution in [2.45, 2.75) is 26.7 Å². The second-order valence-electron chi connectivity index (χ2n) is 4.97. The van der Waals surface area contributed by atoms with Gasteiger partial charge in [-0.05, 0) is 31.7 Å². The first kappa shape index (κ1) is 12.6. The van der Waals surface area contributed by atoms with Gasteiger partial charge >= 0.3 is 0 Å². The molecule has 1 aliphatic rings. The van der Waals surface area contributed by atoms with Gasteiger partial charge in [0.15, 0.2) is 5.82 Å². The first-order valence-electron chi connectivity index (χ1n) is 6.41. The van der Waals surface area contributed by atoms with E-state index in [9.17, 15) is 0 Å². The average molecular weight is 279 g/mol. The minimum atomic E-state index is 0.508. The Balaban J connectivity index is 1.84. The fraction of sp³-hybridized carbons (Fsp3) is 0.538. The zero-order chi connectivity index (χ0) is 13.4. The van der Waals surface area contributed by atoms with E-state index >= 15 is 0 Å². The molecule has 102 valence electrons. The maximum absolute atomic E-state index is 6.02. The molecular weight excluding hydrogens is 262 g/mol. The van der Waals surface area contributed by atoms with Crippen LogP contribution in [0.25, 0.3) is 11.5 Å². The molecule has 6 heteroatoms. The number of hydrogen-bond acceptors (Lipinski definition) is 6. The van der Waals surface area contributed by atoms with Gasteiger partial charge in [-0.25, -0.2) is 0 Å². The van der Waals surface area contributed by atoms with E-state index in [2.05, 4.69) is 10.1 Å². The third-order valence-electron chi connectivity index (χ3n) is 3.59. The molecule has 3 rings (SSSR count). The van der Waals surface area contributed by atoms with E-state index in [1.807, 2.05) is 13.8 Å². The van der Waals surface area contributed by atoms with Gasteiger partial charge in [-0.1, -0.05) is 5.16 Å². The Morgan fingerprint density at radius 2 is 2.26 bits per heavy atom. The van der Waals surface area contributed by atoms with Crippen molar-refractivity contribution in [3.05, 3.63) is 16.3 Å². The van der Waals surface area contributed by atoms with Crippen molar-refractivity contribution in [1.82, 2.24) is 10.1 Å². The van der Waals surface area contributed by atoms with Gasteiger partial charge < -0.3 is 15.0 Å². The summed E-state index contributed by atoms with van der Waals surface area (Å²) < 4.78 is 10.7. The predicted octanol–water partition coefficient (Wildman–Crippen LogP) is 2.58. The zero-order valence-electron chi connectivity index (χ0n) is 11.1. The molecule has 1 saturated heterocycles. The highest BCUT2D eigenvalue weighted by Gasteiger charge is 2.22. The van der Waals surface area contributed by atoms with E-state index in [0.29, 0.717) is 11.8 Å². The first-order valence-corrected chi connectivity index (χ1v) is 7.23. The van der Waals surface area contributed by atoms with E-state index < -0.39 is 0 Å². The lowest BCUT2D eigenvalue weighted by Gasteiger charge is -2.01. The van der Waals surface area contributed by atoms with Gasteiger partial charge in [0.25, 0.3) is 5.89 Å². The maximum atomic E-state index is 6.02. The number of thiophene rings is 1. The van der Waals surface area contributed by atoms with Crippen LogP contribution in [0.5, 0.6) is 0 Å². The number of ether oxygens (including phenoxy) is 1. The normalized spacial score (nSPS) is 19.2. The molecule has 2 N–H and O–H groups in total. The number of nitrogen functional groups attached to an aromatic ring is 1. The van der Waals surface area contributed by atoms with Gasteiger partial charge in [0.1, 0.15) is 0 Å². The fourth-order valence-corrected chi connectivity index (χ4v) is 3.29. The molecule has 0 saturated carbocycles. The van der Waals surface area contributed by atoms with Gasteiger partial charge in [-0.3, -0.25) is 0 Å². The Morgan fingerprint density at radius 1 is 1.42 bits per heavy atom. The molecule has 19 heavy (non-hydrogen) atoms. The van der Waals surface area contributed by atoms with Crippen LogP contribution in [0.1, 0.15) is 22.7 Å². The third-order valence-corrected chi connectivity index (χ3v) is 4.63. The first-order chi connectivity index (χ1) is 9.15. The van der Waals surface area contributed by atoms with Crippen LogP contribution in [-0.4, -0.2) is 23.4 Å². The van der Waals surface area contributed by atoms with Crippen LogP contribution in [0.3, 0.4) is 0 Å². The van der Waals surface area contributed by atoms with Gasteiger partial charge in [-0.2, -0.15) is 4.98 Å². The topological polar surface area (TPSA) is 74.2 Å². The summed E-state index contributed by atoms with van der Waals surface area (Å²) in [7, 11) is 0. The molecule has 2 aromatic heterocycles. The molecular formula is C13H17N3O2S. The maximum Gasteiger partial charge on any atom is 0.261 e. The number of anilines is 1. The van der Waals surface area contributed by atoms with Crippen molar-refractivity contribution < 1.29 is 9.26 Å². The van der Waals surface area contributed by atoms with Crippen LogP contribution < -0.4 is 5.73 Å². The number of hydrogen-bond donors (Lipinski definition) is 1. The second kappa shape index (κ2) is 4.94. The summed E-state index contributed by atoms with van der Waals surface area (Å²) in [5.41, 5.74) is 8.04. The Hall–Kier alpha value is -1.40. The molecule has 1 aliphatic heterocycles. The summed E-state index contributed by atoms with van der Waals surface area (Å²) in [5.74, 6) is 1.79. The molecule has 0 bridgehead atoms. The Labute approximate surface area is 115 Å². The van der Waals surface area contributed by atoms with Crippen molar-refractivity contribution in [3.8, 4) is 11.5 Å². The quantitative estimate of drug-likeness (QED) is 0.934. The molecule has 2 aromatic rings. The summed E-state index contributed by atoms with van der Waals surface area (Å²) in [6.45, 7) is 5.72. The molecule has 1 atom stereocenters. The van der Waals surface area contributed by atoms with Crippen LogP contribution in [0.2, 0.25) is 0 Å². The Morgan fingerprint density at radius 3 is 2.89 bits per heavy atom. The van der Waals surface area contributed by atoms with Crippen molar-refractivity contribution in [2.75, 3.05) is 18.9 Å². The molecule has 0 amide bonds. The summed E-state index contributed by atoms with van der Waals surface area (Å²) in [6, 6.07) is 0. The number of aromatic nitrogens is 2. The second-order valence-corrected chi connectivity index (χ2v) is 6.23. The SMILES string of the molecule is Cc1sc(N)c(-c2nc(CC3CCOC3)no2)c1C. The molecule has 3 heterocycles. The van der Waals surface area contributed by atoms with Crippen molar-refractivity contribution >= 4 is 16.3 Å². The minimum Gasteiger partial charge on any atom is -0.390 e. The predicted molar refractivity (Wildman–Crippen MR) is 74.1 cm³/mol. The van der Waals surface area contributed by atoms with Gasteiger partial charge in [-0.15, -0.1) is 11.3 Å². The van der Waals surface area contributed by atoms with E-state index in [1.54, 1.807) is 11.3 Å². The molecule has 1 unspecified atom stereocenters. The van der Waals surface area contributed by atoms with Crippen LogP contribution in [0.15, 0.2) is 4.52 Å². The van der Waals surface area contributed by atoms with Crippen molar-refractivity contribution in [3.63, 3.8) is 0 Å². The molecule has 0 aliphatic carbocycles. The van der Waals surface area contributed by atoms with Crippen LogP contribution >= 0.6 is 11.3 Å². The summed E-state index contributed by atoms with van der Waals surface area (Å²) in [6.07, 6.45) is 1.88. The number of aryl methyl sites for hydroxylation is 1. The molecule has 0 radical (unpaired) electrons. The minimum absolute atomic E-state index is 0.508. The highest BCUT2D eigenvalue weighted by molar-refractivity contribution is 7.16. The highest BCUT2D eigenvalue weighted by Crippen LogP contribution is 2.37. The van der Waals surface area contributed by atoms with Gasteiger partial charge in [0, 0.05) is 24.5 Å². The zero-order valence-corrected chi connectivity index (χ0v) is 11.9. The summed E-state index contributed by atoms with van der Waals surface area (Å²) in [5, 5.41) is 4.80. The molecule has 0 spiro atoms. The molecule has 0 aromatic carbocycles. The smallest absolute Gasteiger partial charge is 0.261 e. The lowest BCUT2D eigenvalue weighted by atomic mass is 10.1. The van der Waals surface area contributed by atoms with Gasteiger partial charge in [0.05, 0.1) is 10.6 Å². The van der Waals surface area contributed by atoms with E-state index in [0.717, 1.165) is 48.0 Å². The van der Waals surface area contributed by atoms with E-state index in [4.69, 9.17) is 15.0 Å². The number of nitrogens with two attached hydrogens (primary N) is 1. The Bertz CT molecular complexity index is 585. The average Bonchev–Trinajstić information content (AvgIpc) is 3.05. The third kappa shape index (κ3) is 2.37. The molecule has 1 fully saturated rings. The van der Waals surface area contributed by atoms with Gasteiger partial charge in [0.2, 0.25) is 0 Å². The largest absolute Gasteiger partial charge is 0.390 e. The van der Waals surface area contributed by atoms with Crippen molar-refractivity contribution in [2.24, 2.45) is 5.92 Å². The summed E-state index contributed by atoms with van der Waals surface area (Å²) >= 11 is 1.56. The lowest BCUT2D eigenvalue weighted by molar-refractivity contribution is 0.185. The van der Waals surface area contributed by atoms with Crippen LogP contribution in [0.4, 0.5) is 5.00 Å². The lowest BCUT2D eigenvalue weighted by Crippen LogP contribution is -2.04. The fourth-order valence-electron chi connectivity index (χ4n) is 2.36. The highest BCUT2D eigenvalue weighted by atomic mass is 32.1. The van der Waals surface area contributed by atoms with E-state index in [-0.39, 0.29) is 0 Å². The number of rotatable bonds is 3. The van der Waals surface area contributed by atoms with Crippen LogP contribution in [0, 0.1) is 19.8 Å². The van der Waals surface area contributed by atoms with Crippen LogP contribution in [-0.2, 0) is 11.2 Å². The summed E-state index contributed by atoms with van der Waals surface area (Å²) in [4.78, 5) is 5.66. The molecule has 5 nitrogen and oxygen atoms in total. The standard InChI is InChI=1S/C13H17N3O2S/c1-7-8(2)19-12(14)11(7)13-15-10(16-18-13)5-9-3-4-17-6-9/h9H,3-6,14H2,1-2H3. The van der Waals surface area contributed by atoms with E-state index in [1.165, 1.54) is 4.88 Å². The Kier molecular flexibility index (Phi) is 3.28.